The van der Waals surface area contributed by atoms with Crippen LogP contribution in [0.1, 0.15) is 49.1 Å². The maximum absolute atomic E-state index is 13.3. The normalized spacial score (nSPS) is 37.0. The van der Waals surface area contributed by atoms with Crippen LogP contribution in [0.25, 0.3) is 0 Å². The molecule has 0 amide bonds. The van der Waals surface area contributed by atoms with Gasteiger partial charge in [0.25, 0.3) is 5.91 Å². The van der Waals surface area contributed by atoms with Gasteiger partial charge in [-0.05, 0) is 62.5 Å². The minimum atomic E-state index is -0.437. The highest BCUT2D eigenvalue weighted by atomic mass is 16.2. The largest absolute Gasteiger partial charge is 0.368 e. The van der Waals surface area contributed by atoms with Crippen molar-refractivity contribution in [1.82, 2.24) is 35.0 Å². The van der Waals surface area contributed by atoms with Crippen molar-refractivity contribution in [2.75, 3.05) is 5.73 Å². The Morgan fingerprint density at radius 3 is 2.62 bits per heavy atom. The summed E-state index contributed by atoms with van der Waals surface area (Å²) in [7, 11) is 0. The summed E-state index contributed by atoms with van der Waals surface area (Å²) in [6.07, 6.45) is 7.13. The molecule has 24 heavy (non-hydrogen) atoms. The smallest absolute Gasteiger partial charge is 0.256 e. The molecule has 4 fully saturated rings. The van der Waals surface area contributed by atoms with E-state index in [1.807, 2.05) is 6.92 Å². The summed E-state index contributed by atoms with van der Waals surface area (Å²) in [6, 6.07) is 0. The fourth-order valence-corrected chi connectivity index (χ4v) is 5.82. The van der Waals surface area contributed by atoms with Gasteiger partial charge in [-0.3, -0.25) is 4.79 Å². The summed E-state index contributed by atoms with van der Waals surface area (Å²) < 4.78 is 1.28. The van der Waals surface area contributed by atoms with Crippen LogP contribution in [0, 0.1) is 24.2 Å². The summed E-state index contributed by atoms with van der Waals surface area (Å²) in [6.45, 7) is 1.85. The second-order valence-electron chi connectivity index (χ2n) is 7.93. The Morgan fingerprint density at radius 1 is 1.29 bits per heavy atom. The third-order valence-corrected chi connectivity index (χ3v) is 6.19. The first-order chi connectivity index (χ1) is 11.5. The topological polar surface area (TPSA) is 117 Å². The zero-order valence-corrected chi connectivity index (χ0v) is 13.6. The van der Waals surface area contributed by atoms with E-state index >= 15 is 0 Å². The lowest BCUT2D eigenvalue weighted by Gasteiger charge is -2.60. The van der Waals surface area contributed by atoms with Gasteiger partial charge < -0.3 is 5.73 Å². The monoisotopic (exact) mass is 328 g/mol. The van der Waals surface area contributed by atoms with Crippen molar-refractivity contribution >= 4 is 11.9 Å². The molecule has 4 aliphatic carbocycles. The number of hydrogen-bond acceptors (Lipinski definition) is 7. The molecule has 2 atom stereocenters. The molecule has 4 aliphatic rings. The number of aromatic nitrogens is 7. The first-order valence-electron chi connectivity index (χ1n) is 8.47. The van der Waals surface area contributed by atoms with Crippen LogP contribution in [0.2, 0.25) is 0 Å². The fourth-order valence-electron chi connectivity index (χ4n) is 5.82. The minimum Gasteiger partial charge on any atom is -0.368 e. The van der Waals surface area contributed by atoms with Crippen LogP contribution in [0.5, 0.6) is 0 Å². The Morgan fingerprint density at radius 2 is 2.04 bits per heavy atom. The molecule has 2 aromatic heterocycles. The molecular weight excluding hydrogens is 308 g/mol. The minimum absolute atomic E-state index is 0.0205. The number of carbonyl (C=O) groups excluding carboxylic acids is 1. The third kappa shape index (κ3) is 1.75. The van der Waals surface area contributed by atoms with E-state index in [0.717, 1.165) is 32.1 Å². The third-order valence-electron chi connectivity index (χ3n) is 6.19. The van der Waals surface area contributed by atoms with Gasteiger partial charge in [-0.1, -0.05) is 0 Å². The number of rotatable bonds is 2. The predicted octanol–water partition coefficient (Wildman–Crippen LogP) is 0.791. The van der Waals surface area contributed by atoms with Crippen molar-refractivity contribution in [1.29, 1.82) is 0 Å². The summed E-state index contributed by atoms with van der Waals surface area (Å²) in [5.74, 6) is 1.86. The zero-order valence-electron chi connectivity index (χ0n) is 13.6. The summed E-state index contributed by atoms with van der Waals surface area (Å²) in [5.41, 5.74) is 5.20. The molecule has 2 N–H and O–H groups in total. The zero-order chi connectivity index (χ0) is 16.5. The molecule has 0 spiro atoms. The molecule has 126 valence electrons. The van der Waals surface area contributed by atoms with Gasteiger partial charge in [-0.15, -0.1) is 10.2 Å². The van der Waals surface area contributed by atoms with Crippen molar-refractivity contribution in [2.24, 2.45) is 17.3 Å². The summed E-state index contributed by atoms with van der Waals surface area (Å²) >= 11 is 0. The van der Waals surface area contributed by atoms with Crippen molar-refractivity contribution in [3.8, 4) is 0 Å². The van der Waals surface area contributed by atoms with E-state index in [-0.39, 0.29) is 17.4 Å². The van der Waals surface area contributed by atoms with Crippen molar-refractivity contribution in [3.63, 3.8) is 0 Å². The molecular formula is C15H20N8O. The standard InChI is InChI=1S/C15H20N8O/c1-9-19-21-23(20-9)15-5-10-2-11(6-15)4-14(3-10,7-15)12(24)22-13(16)17-8-18-22/h8,10-11H,2-7H2,1H3,(H2,16,17,18). The van der Waals surface area contributed by atoms with Crippen molar-refractivity contribution in [2.45, 2.75) is 51.0 Å². The van der Waals surface area contributed by atoms with E-state index in [1.54, 1.807) is 4.80 Å². The number of anilines is 1. The van der Waals surface area contributed by atoms with E-state index in [2.05, 4.69) is 25.5 Å². The van der Waals surface area contributed by atoms with Crippen LogP contribution in [-0.4, -0.2) is 40.9 Å². The Hall–Kier alpha value is -2.32. The number of carbonyl (C=O) groups is 1. The number of aryl methyl sites for hydroxylation is 1. The van der Waals surface area contributed by atoms with Gasteiger partial charge in [-0.2, -0.15) is 19.6 Å². The summed E-state index contributed by atoms with van der Waals surface area (Å²) in [4.78, 5) is 19.0. The number of nitrogens with zero attached hydrogens (tertiary/aromatic N) is 7. The average Bonchev–Trinajstić information content (AvgIpc) is 3.14. The fraction of sp³-hybridized carbons (Fsp3) is 0.733. The van der Waals surface area contributed by atoms with Crippen LogP contribution in [0.3, 0.4) is 0 Å². The van der Waals surface area contributed by atoms with Crippen molar-refractivity contribution < 1.29 is 4.79 Å². The van der Waals surface area contributed by atoms with Crippen LogP contribution in [-0.2, 0) is 5.54 Å². The van der Waals surface area contributed by atoms with Gasteiger partial charge in [0, 0.05) is 0 Å². The molecule has 0 aliphatic heterocycles. The molecule has 4 bridgehead atoms. The van der Waals surface area contributed by atoms with Crippen LogP contribution in [0.4, 0.5) is 5.95 Å². The Labute approximate surface area is 138 Å². The maximum atomic E-state index is 13.3. The maximum Gasteiger partial charge on any atom is 0.256 e. The van der Waals surface area contributed by atoms with E-state index in [9.17, 15) is 4.79 Å². The molecule has 0 radical (unpaired) electrons. The van der Waals surface area contributed by atoms with E-state index in [4.69, 9.17) is 5.73 Å². The number of hydrogen-bond donors (Lipinski definition) is 1. The molecule has 2 unspecified atom stereocenters. The number of nitrogens with two attached hydrogens (primary N) is 1. The molecule has 2 aromatic rings. The lowest BCUT2D eigenvalue weighted by atomic mass is 9.46. The molecule has 6 rings (SSSR count). The van der Waals surface area contributed by atoms with Crippen molar-refractivity contribution in [3.05, 3.63) is 12.2 Å². The van der Waals surface area contributed by atoms with Gasteiger partial charge in [0.05, 0.1) is 11.0 Å². The van der Waals surface area contributed by atoms with Gasteiger partial charge in [0.2, 0.25) is 5.95 Å². The molecule has 9 nitrogen and oxygen atoms in total. The first kappa shape index (κ1) is 14.1. The van der Waals surface area contributed by atoms with E-state index in [1.165, 1.54) is 17.4 Å². The first-order valence-corrected chi connectivity index (χ1v) is 8.47. The van der Waals surface area contributed by atoms with Gasteiger partial charge in [-0.25, -0.2) is 0 Å². The predicted molar refractivity (Wildman–Crippen MR) is 82.7 cm³/mol. The van der Waals surface area contributed by atoms with E-state index < -0.39 is 5.41 Å². The Kier molecular flexibility index (Phi) is 2.58. The molecule has 0 saturated heterocycles. The highest BCUT2D eigenvalue weighted by molar-refractivity contribution is 5.86. The van der Waals surface area contributed by atoms with Gasteiger partial charge in [0.15, 0.2) is 5.82 Å². The summed E-state index contributed by atoms with van der Waals surface area (Å²) in [5, 5.41) is 16.9. The average molecular weight is 328 g/mol. The molecule has 9 heteroatoms. The highest BCUT2D eigenvalue weighted by Gasteiger charge is 2.62. The van der Waals surface area contributed by atoms with Gasteiger partial charge in [0.1, 0.15) is 6.33 Å². The SMILES string of the molecule is Cc1nnn(C23CC4CC(CC(C(=O)n5ncnc5N)(C4)C2)C3)n1. The van der Waals surface area contributed by atoms with Crippen LogP contribution < -0.4 is 5.73 Å². The molecule has 2 heterocycles. The molecule has 0 aromatic carbocycles. The second-order valence-corrected chi connectivity index (χ2v) is 7.93. The lowest BCUT2D eigenvalue weighted by Crippen LogP contribution is -2.60. The van der Waals surface area contributed by atoms with Crippen LogP contribution in [0.15, 0.2) is 6.33 Å². The van der Waals surface area contributed by atoms with Gasteiger partial charge >= 0.3 is 0 Å². The number of tetrazole rings is 1. The van der Waals surface area contributed by atoms with E-state index in [0.29, 0.717) is 17.7 Å². The Bertz CT molecular complexity index is 809. The highest BCUT2D eigenvalue weighted by Crippen LogP contribution is 2.64. The second kappa shape index (κ2) is 4.40. The van der Waals surface area contributed by atoms with Crippen LogP contribution >= 0.6 is 0 Å². The number of nitrogen functional groups attached to an aromatic ring is 1. The quantitative estimate of drug-likeness (QED) is 0.866. The lowest BCUT2D eigenvalue weighted by molar-refractivity contribution is -0.0967. The molecule has 4 saturated carbocycles. The Balaban J connectivity index is 1.59.